The Morgan fingerprint density at radius 1 is 0.409 bits per heavy atom. The van der Waals surface area contributed by atoms with Gasteiger partial charge in [-0.05, 0) is 90.7 Å². The molecular formula is C43H29N. The van der Waals surface area contributed by atoms with Crippen LogP contribution in [0, 0.1) is 0 Å². The molecule has 7 aromatic carbocycles. The molecule has 10 rings (SSSR count). The molecule has 0 bridgehead atoms. The topological polar surface area (TPSA) is 4.93 Å². The molecule has 1 aromatic heterocycles. The van der Waals surface area contributed by atoms with Gasteiger partial charge < -0.3 is 4.57 Å². The zero-order valence-corrected chi connectivity index (χ0v) is 24.7. The summed E-state index contributed by atoms with van der Waals surface area (Å²) in [6.45, 7) is 4.77. The molecule has 2 aliphatic rings. The zero-order valence-electron chi connectivity index (χ0n) is 24.7. The fourth-order valence-electron chi connectivity index (χ4n) is 8.46. The summed E-state index contributed by atoms with van der Waals surface area (Å²) in [5, 5.41) is 5.38. The lowest BCUT2D eigenvalue weighted by molar-refractivity contribution is 0.666. The number of fused-ring (bicyclic) bond motifs is 10. The summed E-state index contributed by atoms with van der Waals surface area (Å²) in [5.74, 6) is 0. The van der Waals surface area contributed by atoms with E-state index in [2.05, 4.69) is 158 Å². The summed E-state index contributed by atoms with van der Waals surface area (Å²) in [5.41, 5.74) is 17.1. The molecule has 8 aromatic rings. The average molecular weight is 560 g/mol. The van der Waals surface area contributed by atoms with Crippen LogP contribution in [0.4, 0.5) is 0 Å². The van der Waals surface area contributed by atoms with Gasteiger partial charge in [-0.3, -0.25) is 0 Å². The van der Waals surface area contributed by atoms with Crippen molar-refractivity contribution in [2.45, 2.75) is 19.3 Å². The van der Waals surface area contributed by atoms with E-state index in [0.29, 0.717) is 0 Å². The molecule has 2 aliphatic carbocycles. The Kier molecular flexibility index (Phi) is 4.58. The highest BCUT2D eigenvalue weighted by molar-refractivity contribution is 6.19. The molecule has 0 amide bonds. The number of hydrogen-bond donors (Lipinski definition) is 0. The highest BCUT2D eigenvalue weighted by Crippen LogP contribution is 2.53. The maximum atomic E-state index is 2.46. The van der Waals surface area contributed by atoms with Gasteiger partial charge in [-0.1, -0.05) is 129 Å². The number of benzene rings is 7. The van der Waals surface area contributed by atoms with Crippen molar-refractivity contribution in [3.63, 3.8) is 0 Å². The predicted octanol–water partition coefficient (Wildman–Crippen LogP) is 11.6. The average Bonchev–Trinajstić information content (AvgIpc) is 3.66. The van der Waals surface area contributed by atoms with Gasteiger partial charge in [-0.25, -0.2) is 0 Å². The zero-order chi connectivity index (χ0) is 29.2. The maximum Gasteiger partial charge on any atom is 0.0544 e. The molecule has 0 spiro atoms. The second-order valence-corrected chi connectivity index (χ2v) is 12.9. The number of para-hydroxylation sites is 1. The summed E-state index contributed by atoms with van der Waals surface area (Å²) >= 11 is 0. The molecule has 0 atom stereocenters. The standard InChI is InChI=1S/C43H29N/c1-43(2)37-16-7-5-12-31(37)35-24-25-39-41(42(35)43)36-13-6-8-17-38(36)44(39)27-20-18-26(19-21-27)28-22-23-34-30-11-4-3-10-29(30)33-15-9-14-32(28)40(33)34/h3-25H,1-2H3. The molecule has 0 fully saturated rings. The van der Waals surface area contributed by atoms with Crippen LogP contribution >= 0.6 is 0 Å². The Bertz CT molecular complexity index is 2480. The lowest BCUT2D eigenvalue weighted by atomic mass is 9.80. The Labute approximate surface area is 256 Å². The normalized spacial score (nSPS) is 13.9. The van der Waals surface area contributed by atoms with Gasteiger partial charge in [-0.2, -0.15) is 0 Å². The molecular weight excluding hydrogens is 530 g/mol. The maximum absolute atomic E-state index is 2.46. The van der Waals surface area contributed by atoms with Gasteiger partial charge in [0.15, 0.2) is 0 Å². The van der Waals surface area contributed by atoms with E-state index in [1.807, 2.05) is 0 Å². The Hall–Kier alpha value is -5.40. The smallest absolute Gasteiger partial charge is 0.0544 e. The van der Waals surface area contributed by atoms with E-state index in [1.54, 1.807) is 0 Å². The van der Waals surface area contributed by atoms with Gasteiger partial charge in [0.2, 0.25) is 0 Å². The lowest BCUT2D eigenvalue weighted by Crippen LogP contribution is -2.15. The Morgan fingerprint density at radius 2 is 1.02 bits per heavy atom. The number of rotatable bonds is 2. The highest BCUT2D eigenvalue weighted by Gasteiger charge is 2.38. The van der Waals surface area contributed by atoms with E-state index in [1.165, 1.54) is 93.9 Å². The summed E-state index contributed by atoms with van der Waals surface area (Å²) in [4.78, 5) is 0. The molecule has 206 valence electrons. The third-order valence-electron chi connectivity index (χ3n) is 10.3. The first-order valence-electron chi connectivity index (χ1n) is 15.5. The van der Waals surface area contributed by atoms with Gasteiger partial charge in [0, 0.05) is 21.9 Å². The van der Waals surface area contributed by atoms with Crippen molar-refractivity contribution >= 4 is 32.6 Å². The second-order valence-electron chi connectivity index (χ2n) is 12.9. The molecule has 0 saturated heterocycles. The van der Waals surface area contributed by atoms with Crippen molar-refractivity contribution in [3.05, 3.63) is 151 Å². The van der Waals surface area contributed by atoms with Crippen LogP contribution in [-0.4, -0.2) is 4.57 Å². The van der Waals surface area contributed by atoms with E-state index >= 15 is 0 Å². The molecule has 0 unspecified atom stereocenters. The minimum Gasteiger partial charge on any atom is -0.309 e. The van der Waals surface area contributed by atoms with Crippen LogP contribution in [0.15, 0.2) is 140 Å². The van der Waals surface area contributed by atoms with Crippen LogP contribution in [-0.2, 0) is 5.41 Å². The van der Waals surface area contributed by atoms with Gasteiger partial charge in [0.25, 0.3) is 0 Å². The van der Waals surface area contributed by atoms with Crippen LogP contribution in [0.3, 0.4) is 0 Å². The van der Waals surface area contributed by atoms with Crippen LogP contribution < -0.4 is 0 Å². The molecule has 1 heteroatoms. The first kappa shape index (κ1) is 24.1. The van der Waals surface area contributed by atoms with E-state index in [-0.39, 0.29) is 5.41 Å². The van der Waals surface area contributed by atoms with Gasteiger partial charge >= 0.3 is 0 Å². The summed E-state index contributed by atoms with van der Waals surface area (Å²) < 4.78 is 2.46. The molecule has 0 N–H and O–H groups in total. The van der Waals surface area contributed by atoms with Crippen molar-refractivity contribution in [1.82, 2.24) is 4.57 Å². The third-order valence-corrected chi connectivity index (χ3v) is 10.3. The van der Waals surface area contributed by atoms with Crippen LogP contribution in [0.25, 0.3) is 82.8 Å². The van der Waals surface area contributed by atoms with Gasteiger partial charge in [0.05, 0.1) is 11.0 Å². The molecule has 0 saturated carbocycles. The molecule has 0 radical (unpaired) electrons. The fraction of sp³-hybridized carbons (Fsp3) is 0.0698. The predicted molar refractivity (Wildman–Crippen MR) is 186 cm³/mol. The van der Waals surface area contributed by atoms with E-state index in [9.17, 15) is 0 Å². The van der Waals surface area contributed by atoms with Crippen LogP contribution in [0.2, 0.25) is 0 Å². The fourth-order valence-corrected chi connectivity index (χ4v) is 8.46. The largest absolute Gasteiger partial charge is 0.309 e. The van der Waals surface area contributed by atoms with E-state index < -0.39 is 0 Å². The quantitative estimate of drug-likeness (QED) is 0.198. The minimum atomic E-state index is -0.0698. The molecule has 1 heterocycles. The van der Waals surface area contributed by atoms with Crippen LogP contribution in [0.1, 0.15) is 25.0 Å². The van der Waals surface area contributed by atoms with Crippen LogP contribution in [0.5, 0.6) is 0 Å². The molecule has 1 nitrogen and oxygen atoms in total. The monoisotopic (exact) mass is 559 g/mol. The lowest BCUT2D eigenvalue weighted by Gasteiger charge is -2.22. The summed E-state index contributed by atoms with van der Waals surface area (Å²) in [7, 11) is 0. The van der Waals surface area contributed by atoms with Gasteiger partial charge in [0.1, 0.15) is 0 Å². The van der Waals surface area contributed by atoms with Crippen molar-refractivity contribution in [2.24, 2.45) is 0 Å². The Morgan fingerprint density at radius 3 is 1.84 bits per heavy atom. The first-order valence-corrected chi connectivity index (χ1v) is 15.5. The SMILES string of the molecule is CC1(C)c2ccccc2-c2ccc3c(c21)c1ccccc1n3-c1ccc(-c2ccc3c4c(cccc24)-c2ccccc2-3)cc1. The third kappa shape index (κ3) is 2.94. The molecule has 0 aliphatic heterocycles. The second kappa shape index (κ2) is 8.36. The summed E-state index contributed by atoms with van der Waals surface area (Å²) in [6.07, 6.45) is 0. The van der Waals surface area contributed by atoms with Crippen molar-refractivity contribution in [3.8, 4) is 50.2 Å². The highest BCUT2D eigenvalue weighted by atomic mass is 15.0. The van der Waals surface area contributed by atoms with Crippen molar-refractivity contribution in [2.75, 3.05) is 0 Å². The molecule has 44 heavy (non-hydrogen) atoms. The summed E-state index contributed by atoms with van der Waals surface area (Å²) in [6, 6.07) is 51.9. The van der Waals surface area contributed by atoms with Crippen molar-refractivity contribution < 1.29 is 0 Å². The van der Waals surface area contributed by atoms with E-state index in [0.717, 1.165) is 0 Å². The number of aromatic nitrogens is 1. The number of nitrogens with zero attached hydrogens (tertiary/aromatic N) is 1. The van der Waals surface area contributed by atoms with Gasteiger partial charge in [-0.15, -0.1) is 0 Å². The first-order chi connectivity index (χ1) is 21.6. The minimum absolute atomic E-state index is 0.0698. The van der Waals surface area contributed by atoms with Crippen molar-refractivity contribution in [1.29, 1.82) is 0 Å². The van der Waals surface area contributed by atoms with E-state index in [4.69, 9.17) is 0 Å². The number of hydrogen-bond acceptors (Lipinski definition) is 0. The Balaban J connectivity index is 1.16.